The molecule has 0 saturated heterocycles. The zero-order valence-electron chi connectivity index (χ0n) is 17.7. The van der Waals surface area contributed by atoms with E-state index in [4.69, 9.17) is 5.73 Å². The molecule has 2 atom stereocenters. The second kappa shape index (κ2) is 11.1. The van der Waals surface area contributed by atoms with Crippen LogP contribution in [0.25, 0.3) is 0 Å². The Kier molecular flexibility index (Phi) is 9.10. The number of nitrogens with two attached hydrogens (primary N) is 1. The minimum Gasteiger partial charge on any atom is -0.392 e. The Bertz CT molecular complexity index is 848. The average molecular weight is 464 g/mol. The molecule has 1 aromatic rings. The summed E-state index contributed by atoms with van der Waals surface area (Å²) in [4.78, 5) is 17.7. The highest BCUT2D eigenvalue weighted by Crippen LogP contribution is 2.28. The third-order valence-electron chi connectivity index (χ3n) is 5.22. The van der Waals surface area contributed by atoms with Gasteiger partial charge in [0.1, 0.15) is 10.7 Å². The van der Waals surface area contributed by atoms with Crippen molar-refractivity contribution in [1.82, 2.24) is 9.71 Å². The number of sulfonamides is 1. The molecular weight excluding hydrogens is 432 g/mol. The van der Waals surface area contributed by atoms with Crippen LogP contribution >= 0.6 is 0 Å². The van der Waals surface area contributed by atoms with Gasteiger partial charge < -0.3 is 21.1 Å². The number of hydrogen-bond donors (Lipinski definition) is 4. The molecule has 1 heterocycles. The average Bonchev–Trinajstić information content (AvgIpc) is 2.71. The second-order valence-electron chi connectivity index (χ2n) is 7.92. The number of rotatable bonds is 10. The summed E-state index contributed by atoms with van der Waals surface area (Å²) >= 11 is 0. The molecule has 1 amide bonds. The molecule has 1 aromatic heterocycles. The largest absolute Gasteiger partial charge is 0.392 e. The van der Waals surface area contributed by atoms with Gasteiger partial charge >= 0.3 is 0 Å². The lowest BCUT2D eigenvalue weighted by Crippen LogP contribution is -2.42. The van der Waals surface area contributed by atoms with E-state index in [1.807, 2.05) is 4.72 Å². The van der Waals surface area contributed by atoms with Crippen LogP contribution in [0.5, 0.6) is 0 Å². The third kappa shape index (κ3) is 7.34. The minimum atomic E-state index is -4.30. The maximum Gasteiger partial charge on any atom is 0.251 e. The van der Waals surface area contributed by atoms with Crippen molar-refractivity contribution in [1.29, 1.82) is 0 Å². The summed E-state index contributed by atoms with van der Waals surface area (Å²) in [7, 11) is -2.76. The number of pyridine rings is 1. The second-order valence-corrected chi connectivity index (χ2v) is 9.66. The Morgan fingerprint density at radius 1 is 1.35 bits per heavy atom. The monoisotopic (exact) mass is 463 g/mol. The fourth-order valence-electron chi connectivity index (χ4n) is 3.67. The van der Waals surface area contributed by atoms with Gasteiger partial charge in [-0.15, -0.1) is 0 Å². The summed E-state index contributed by atoms with van der Waals surface area (Å²) in [5.41, 5.74) is 6.21. The van der Waals surface area contributed by atoms with Crippen molar-refractivity contribution in [2.75, 3.05) is 30.4 Å². The van der Waals surface area contributed by atoms with E-state index in [9.17, 15) is 27.1 Å². The summed E-state index contributed by atoms with van der Waals surface area (Å²) in [5, 5.41) is 12.3. The van der Waals surface area contributed by atoms with Crippen molar-refractivity contribution in [3.05, 3.63) is 12.3 Å². The highest BCUT2D eigenvalue weighted by atomic mass is 32.2. The molecule has 0 spiro atoms. The lowest BCUT2D eigenvalue weighted by atomic mass is 9.84. The number of halogens is 2. The van der Waals surface area contributed by atoms with Crippen LogP contribution in [0.3, 0.4) is 0 Å². The number of hydrogen-bond acceptors (Lipinski definition) is 7. The van der Waals surface area contributed by atoms with Crippen molar-refractivity contribution >= 4 is 27.4 Å². The normalized spacial score (nSPS) is 17.4. The lowest BCUT2D eigenvalue weighted by molar-refractivity contribution is -0.118. The molecule has 1 fully saturated rings. The van der Waals surface area contributed by atoms with E-state index in [1.54, 1.807) is 0 Å². The van der Waals surface area contributed by atoms with Crippen LogP contribution in [-0.2, 0) is 14.8 Å². The van der Waals surface area contributed by atoms with Gasteiger partial charge in [-0.05, 0) is 25.7 Å². The van der Waals surface area contributed by atoms with Crippen molar-refractivity contribution in [2.24, 2.45) is 11.7 Å². The predicted octanol–water partition coefficient (Wildman–Crippen LogP) is 1.29. The molecule has 31 heavy (non-hydrogen) atoms. The van der Waals surface area contributed by atoms with E-state index < -0.39 is 41.0 Å². The summed E-state index contributed by atoms with van der Waals surface area (Å²) in [6, 6.07) is 0.613. The number of aliphatic hydroxyl groups excluding tert-OH is 1. The Labute approximate surface area is 181 Å². The molecule has 0 aliphatic heterocycles. The highest BCUT2D eigenvalue weighted by Gasteiger charge is 2.28. The summed E-state index contributed by atoms with van der Waals surface area (Å²) in [6.07, 6.45) is 2.26. The molecule has 2 rings (SSSR count). The van der Waals surface area contributed by atoms with Gasteiger partial charge in [-0.3, -0.25) is 4.79 Å². The van der Waals surface area contributed by atoms with Crippen LogP contribution in [0.1, 0.15) is 39.0 Å². The van der Waals surface area contributed by atoms with Crippen LogP contribution in [0.15, 0.2) is 17.2 Å². The van der Waals surface area contributed by atoms with Crippen molar-refractivity contribution in [3.8, 4) is 0 Å². The van der Waals surface area contributed by atoms with Gasteiger partial charge in [-0.2, -0.15) is 0 Å². The Morgan fingerprint density at radius 3 is 2.58 bits per heavy atom. The van der Waals surface area contributed by atoms with Crippen LogP contribution in [0.2, 0.25) is 0 Å². The summed E-state index contributed by atoms with van der Waals surface area (Å²) < 4.78 is 51.9. The van der Waals surface area contributed by atoms with Gasteiger partial charge in [0.15, 0.2) is 0 Å². The van der Waals surface area contributed by atoms with E-state index in [0.29, 0.717) is 0 Å². The van der Waals surface area contributed by atoms with E-state index >= 15 is 0 Å². The molecule has 0 radical (unpaired) electrons. The topological polar surface area (TPSA) is 138 Å². The van der Waals surface area contributed by atoms with Crippen molar-refractivity contribution in [3.63, 3.8) is 0 Å². The van der Waals surface area contributed by atoms with E-state index in [2.05, 4.69) is 10.3 Å². The Balaban J connectivity index is 2.28. The number of aromatic nitrogens is 1. The van der Waals surface area contributed by atoms with Gasteiger partial charge in [-0.1, -0.05) is 19.3 Å². The Hall–Kier alpha value is -1.89. The quantitative estimate of drug-likeness (QED) is 0.410. The van der Waals surface area contributed by atoms with E-state index in [-0.39, 0.29) is 28.9 Å². The third-order valence-corrected chi connectivity index (χ3v) is 6.67. The highest BCUT2D eigenvalue weighted by molar-refractivity contribution is 7.89. The number of alkyl halides is 2. The van der Waals surface area contributed by atoms with Crippen LogP contribution < -0.4 is 20.7 Å². The Morgan fingerprint density at radius 2 is 2.00 bits per heavy atom. The number of aliphatic hydroxyl groups is 1. The number of carbonyl (C=O) groups is 1. The molecule has 5 N–H and O–H groups in total. The lowest BCUT2D eigenvalue weighted by Gasteiger charge is -2.27. The first-order chi connectivity index (χ1) is 14.5. The number of nitrogens with one attached hydrogen (secondary N) is 2. The van der Waals surface area contributed by atoms with E-state index in [1.165, 1.54) is 24.9 Å². The molecule has 0 unspecified atom stereocenters. The zero-order valence-corrected chi connectivity index (χ0v) is 18.5. The smallest absolute Gasteiger partial charge is 0.251 e. The molecule has 1 aliphatic rings. The minimum absolute atomic E-state index is 0.0658. The molecular formula is C19H31F2N5O4S. The number of amides is 1. The molecule has 176 valence electrons. The molecule has 0 bridgehead atoms. The number of anilines is 2. The maximum atomic E-state index is 12.6. The predicted molar refractivity (Wildman–Crippen MR) is 114 cm³/mol. The van der Waals surface area contributed by atoms with Gasteiger partial charge in [-0.25, -0.2) is 26.9 Å². The van der Waals surface area contributed by atoms with Crippen molar-refractivity contribution < 1.29 is 27.1 Å². The zero-order chi connectivity index (χ0) is 23.2. The van der Waals surface area contributed by atoms with Gasteiger partial charge in [0.05, 0.1) is 30.6 Å². The first-order valence-corrected chi connectivity index (χ1v) is 11.7. The number of carbonyl (C=O) groups excluding carboxylic acids is 1. The SMILES string of the molecule is C[C@@H](O)CN(C)c1cc(NC(=O)[C@@H](N)C2CCCCC2)ncc1S(=O)(=O)NCC(F)F. The van der Waals surface area contributed by atoms with Gasteiger partial charge in [0.25, 0.3) is 6.43 Å². The molecule has 1 aliphatic carbocycles. The molecule has 1 saturated carbocycles. The van der Waals surface area contributed by atoms with Crippen LogP contribution in [0, 0.1) is 5.92 Å². The van der Waals surface area contributed by atoms with Crippen LogP contribution in [-0.4, -0.2) is 63.1 Å². The number of likely N-dealkylation sites (N-methyl/N-ethyl adjacent to an activating group) is 1. The number of nitrogens with zero attached hydrogens (tertiary/aromatic N) is 2. The first kappa shape index (κ1) is 25.4. The summed E-state index contributed by atoms with van der Waals surface area (Å²) in [6.45, 7) is 0.541. The first-order valence-electron chi connectivity index (χ1n) is 10.2. The van der Waals surface area contributed by atoms with Crippen molar-refractivity contribution in [2.45, 2.75) is 62.5 Å². The standard InChI is InChI=1S/C19H31F2N5O4S/c1-12(27)11-26(2)14-8-17(23-9-15(14)31(29,30)24-10-16(20)21)25-19(28)18(22)13-6-4-3-5-7-13/h8-9,12-13,16,18,24,27H,3-7,10-11,22H2,1-2H3,(H,23,25,28)/t12-,18+/m1/s1. The molecule has 0 aromatic carbocycles. The fourth-order valence-corrected chi connectivity index (χ4v) is 4.85. The molecule has 12 heteroatoms. The van der Waals surface area contributed by atoms with Gasteiger partial charge in [0, 0.05) is 19.7 Å². The maximum absolute atomic E-state index is 12.6. The van der Waals surface area contributed by atoms with E-state index in [0.717, 1.165) is 38.3 Å². The van der Waals surface area contributed by atoms with Gasteiger partial charge in [0.2, 0.25) is 15.9 Å². The molecule has 9 nitrogen and oxygen atoms in total. The van der Waals surface area contributed by atoms with Crippen LogP contribution in [0.4, 0.5) is 20.3 Å². The summed E-state index contributed by atoms with van der Waals surface area (Å²) in [5.74, 6) is -0.268. The fraction of sp³-hybridized carbons (Fsp3) is 0.684.